The lowest BCUT2D eigenvalue weighted by Crippen LogP contribution is -2.54. The van der Waals surface area contributed by atoms with Gasteiger partial charge in [-0.3, -0.25) is 28.4 Å². The number of benzene rings is 4. The molecule has 6 aromatic rings. The molecule has 4 aliphatic heterocycles. The SMILES string of the molecule is CC1Cc2c([nH]c3ccc(F)cc23)C(c2c(F)cc(NC3CN(CCCF)CC3OCC3CC3N3C(C)Cc4c([nH]c5ccccc45)C3c3c(F)cc(NC4CN(CCCF)C4)cc3F)cc2F)N1CC(F)(F)F. The minimum absolute atomic E-state index is 0.0204. The average Bonchev–Trinajstić information content (AvgIpc) is 3.65. The second kappa shape index (κ2) is 20.3. The molecule has 4 N–H and O–H groups in total. The zero-order valence-electron chi connectivity index (χ0n) is 41.1. The fraction of sp³-hybridized carbons (Fsp3) is 0.491. The molecule has 0 spiro atoms. The summed E-state index contributed by atoms with van der Waals surface area (Å²) in [5, 5.41) is 7.92. The van der Waals surface area contributed by atoms with Crippen LogP contribution in [-0.4, -0.2) is 138 Å². The number of halogens is 10. The Hall–Kier alpha value is -5.34. The van der Waals surface area contributed by atoms with Crippen LogP contribution in [0.5, 0.6) is 0 Å². The lowest BCUT2D eigenvalue weighted by Gasteiger charge is -2.42. The first-order chi connectivity index (χ1) is 35.5. The zero-order chi connectivity index (χ0) is 51.7. The van der Waals surface area contributed by atoms with Gasteiger partial charge in [-0.2, -0.15) is 13.2 Å². The highest BCUT2D eigenvalue weighted by Gasteiger charge is 2.51. The van der Waals surface area contributed by atoms with E-state index in [1.54, 1.807) is 6.92 Å². The van der Waals surface area contributed by atoms with Crippen LogP contribution in [0.2, 0.25) is 0 Å². The number of alkyl halides is 5. The summed E-state index contributed by atoms with van der Waals surface area (Å²) in [6.07, 6.45) is -3.14. The number of hydrogen-bond donors (Lipinski definition) is 4. The van der Waals surface area contributed by atoms with Gasteiger partial charge in [0.1, 0.15) is 29.1 Å². The highest BCUT2D eigenvalue weighted by molar-refractivity contribution is 5.86. The van der Waals surface area contributed by atoms with Crippen molar-refractivity contribution in [1.82, 2.24) is 29.6 Å². The van der Waals surface area contributed by atoms with Crippen LogP contribution in [0.3, 0.4) is 0 Å². The molecule has 9 nitrogen and oxygen atoms in total. The molecule has 0 radical (unpaired) electrons. The number of anilines is 2. The standard InChI is InChI=1S/C55H60F10N8O/c1-29-15-39-37-18-32(58)9-10-45(37)69-51(39)53(72(29)28-55(63,64)65)49-40(59)21-34(22-41(49)60)67-46-25-71(14-6-12-57)26-48(46)74-27-31-17-47(31)73-30(2)16-38-36-7-3-4-8-44(36)68-52(38)54(73)50-42(61)19-33(20-43(50)62)66-35-23-70(24-35)13-5-11-56/h3-4,7-10,18-22,29-31,35,46-48,53-54,66-69H,5-6,11-17,23-28H2,1-2H3. The smallest absolute Gasteiger partial charge is 0.380 e. The van der Waals surface area contributed by atoms with Gasteiger partial charge in [0.05, 0.1) is 56.8 Å². The molecule has 0 bridgehead atoms. The average molecular weight is 1040 g/mol. The number of ether oxygens (including phenoxy) is 1. The number of nitrogens with one attached hydrogen (secondary N) is 4. The van der Waals surface area contributed by atoms with Crippen LogP contribution in [0.4, 0.5) is 55.3 Å². The maximum Gasteiger partial charge on any atom is 0.401 e. The van der Waals surface area contributed by atoms with Crippen molar-refractivity contribution in [3.05, 3.63) is 129 Å². The normalized spacial score (nSPS) is 25.9. The molecule has 3 fully saturated rings. The first-order valence-electron chi connectivity index (χ1n) is 25.7. The highest BCUT2D eigenvalue weighted by Crippen LogP contribution is 2.51. The van der Waals surface area contributed by atoms with E-state index in [-0.39, 0.29) is 60.4 Å². The molecule has 2 saturated heterocycles. The van der Waals surface area contributed by atoms with Crippen LogP contribution in [0, 0.1) is 35.0 Å². The molecule has 11 rings (SSSR count). The van der Waals surface area contributed by atoms with Gasteiger partial charge in [0, 0.05) is 113 Å². The van der Waals surface area contributed by atoms with Crippen LogP contribution >= 0.6 is 0 Å². The van der Waals surface area contributed by atoms with Crippen molar-refractivity contribution in [2.24, 2.45) is 5.92 Å². The monoisotopic (exact) mass is 1040 g/mol. The molecule has 6 heterocycles. The molecule has 2 aromatic heterocycles. The molecule has 74 heavy (non-hydrogen) atoms. The van der Waals surface area contributed by atoms with Crippen molar-refractivity contribution in [2.75, 3.05) is 76.4 Å². The van der Waals surface area contributed by atoms with E-state index in [9.17, 15) is 26.3 Å². The van der Waals surface area contributed by atoms with Crippen LogP contribution in [-0.2, 0) is 17.6 Å². The molecular formula is C55H60F10N8O. The number of aromatic nitrogens is 2. The summed E-state index contributed by atoms with van der Waals surface area (Å²) in [6, 6.07) is 12.7. The number of fused-ring (bicyclic) bond motifs is 6. The van der Waals surface area contributed by atoms with Crippen molar-refractivity contribution in [2.45, 2.75) is 101 Å². The minimum atomic E-state index is -4.70. The summed E-state index contributed by atoms with van der Waals surface area (Å²) in [4.78, 5) is 13.9. The van der Waals surface area contributed by atoms with Crippen molar-refractivity contribution in [3.63, 3.8) is 0 Å². The van der Waals surface area contributed by atoms with Gasteiger partial charge in [-0.25, -0.2) is 22.0 Å². The Balaban J connectivity index is 0.833. The third-order valence-electron chi connectivity index (χ3n) is 16.1. The van der Waals surface area contributed by atoms with Gasteiger partial charge in [0.25, 0.3) is 0 Å². The molecule has 19 heteroatoms. The largest absolute Gasteiger partial charge is 0.401 e. The van der Waals surface area contributed by atoms with E-state index in [1.165, 1.54) is 30.3 Å². The Morgan fingerprint density at radius 2 is 1.24 bits per heavy atom. The van der Waals surface area contributed by atoms with Gasteiger partial charge in [-0.1, -0.05) is 18.2 Å². The lowest BCUT2D eigenvalue weighted by atomic mass is 9.87. The summed E-state index contributed by atoms with van der Waals surface area (Å²) in [5.41, 5.74) is 3.43. The number of H-pyrrole nitrogens is 2. The van der Waals surface area contributed by atoms with E-state index in [0.29, 0.717) is 80.7 Å². The Morgan fingerprint density at radius 1 is 0.662 bits per heavy atom. The maximum atomic E-state index is 16.7. The number of para-hydroxylation sites is 1. The Morgan fingerprint density at radius 3 is 1.91 bits per heavy atom. The van der Waals surface area contributed by atoms with E-state index in [4.69, 9.17) is 4.74 Å². The fourth-order valence-corrected chi connectivity index (χ4v) is 12.7. The summed E-state index contributed by atoms with van der Waals surface area (Å²) in [6.45, 7) is 4.53. The fourth-order valence-electron chi connectivity index (χ4n) is 12.7. The van der Waals surface area contributed by atoms with Crippen LogP contribution in [0.25, 0.3) is 21.8 Å². The van der Waals surface area contributed by atoms with Crippen LogP contribution < -0.4 is 10.6 Å². The van der Waals surface area contributed by atoms with Gasteiger partial charge >= 0.3 is 6.18 Å². The van der Waals surface area contributed by atoms with E-state index in [1.807, 2.05) is 29.2 Å². The Labute approximate surface area is 422 Å². The van der Waals surface area contributed by atoms with E-state index >= 15 is 17.6 Å². The quantitative estimate of drug-likeness (QED) is 0.0678. The van der Waals surface area contributed by atoms with Gasteiger partial charge in [-0.05, 0) is 112 Å². The topological polar surface area (TPSA) is 77.8 Å². The molecule has 5 aliphatic rings. The predicted molar refractivity (Wildman–Crippen MR) is 264 cm³/mol. The number of aromatic amines is 2. The summed E-state index contributed by atoms with van der Waals surface area (Å²) >= 11 is 0. The lowest BCUT2D eigenvalue weighted by molar-refractivity contribution is -0.155. The molecule has 4 aromatic carbocycles. The van der Waals surface area contributed by atoms with Gasteiger partial charge < -0.3 is 25.3 Å². The van der Waals surface area contributed by atoms with Crippen molar-refractivity contribution in [1.29, 1.82) is 0 Å². The molecular weight excluding hydrogens is 979 g/mol. The van der Waals surface area contributed by atoms with Crippen LogP contribution in [0.1, 0.15) is 78.8 Å². The first-order valence-corrected chi connectivity index (χ1v) is 25.7. The molecule has 1 saturated carbocycles. The summed E-state index contributed by atoms with van der Waals surface area (Å²) in [7, 11) is 0. The minimum Gasteiger partial charge on any atom is -0.380 e. The molecule has 8 atom stereocenters. The Kier molecular flexibility index (Phi) is 13.9. The molecule has 8 unspecified atom stereocenters. The van der Waals surface area contributed by atoms with Gasteiger partial charge in [-0.15, -0.1) is 0 Å². The number of rotatable bonds is 17. The molecule has 1 aliphatic carbocycles. The third kappa shape index (κ3) is 9.87. The number of nitrogens with zero attached hydrogens (tertiary/aromatic N) is 4. The van der Waals surface area contributed by atoms with Gasteiger partial charge in [0.15, 0.2) is 0 Å². The summed E-state index contributed by atoms with van der Waals surface area (Å²) < 4.78 is 156. The van der Waals surface area contributed by atoms with E-state index < -0.39 is 91.0 Å². The van der Waals surface area contributed by atoms with Crippen molar-refractivity contribution < 1.29 is 48.6 Å². The molecule has 0 amide bonds. The summed E-state index contributed by atoms with van der Waals surface area (Å²) in [5.74, 6) is -4.10. The van der Waals surface area contributed by atoms with E-state index in [2.05, 4.69) is 37.3 Å². The first kappa shape index (κ1) is 50.8. The highest BCUT2D eigenvalue weighted by atomic mass is 19.4. The van der Waals surface area contributed by atoms with Crippen molar-refractivity contribution in [3.8, 4) is 0 Å². The van der Waals surface area contributed by atoms with E-state index in [0.717, 1.165) is 39.2 Å². The maximum absolute atomic E-state index is 16.7. The second-order valence-corrected chi connectivity index (χ2v) is 21.3. The Bertz CT molecular complexity index is 2960. The van der Waals surface area contributed by atoms with Crippen LogP contribution in [0.15, 0.2) is 66.7 Å². The predicted octanol–water partition coefficient (Wildman–Crippen LogP) is 11.0. The number of hydrogen-bond acceptors (Lipinski definition) is 7. The third-order valence-corrected chi connectivity index (χ3v) is 16.1. The molecule has 396 valence electrons. The van der Waals surface area contributed by atoms with Crippen molar-refractivity contribution >= 4 is 33.2 Å². The van der Waals surface area contributed by atoms with Gasteiger partial charge in [0.2, 0.25) is 0 Å². The number of likely N-dealkylation sites (tertiary alicyclic amines) is 2. The second-order valence-electron chi connectivity index (χ2n) is 21.3. The zero-order valence-corrected chi connectivity index (χ0v) is 41.1.